The SMILES string of the molecule is CCN1CCC2(CNCCC2(F)F)C1. The fraction of sp³-hybridized carbons (Fsp3) is 1.00. The molecule has 2 aliphatic rings. The summed E-state index contributed by atoms with van der Waals surface area (Å²) in [6.45, 7) is 5.25. The molecular weight excluding hydrogens is 186 g/mol. The standard InChI is InChI=1S/C10H18F2N2/c1-2-14-6-4-9(8-14)7-13-5-3-10(9,11)12/h13H,2-8H2,1H3. The van der Waals surface area contributed by atoms with Crippen LogP contribution in [-0.2, 0) is 0 Å². The summed E-state index contributed by atoms with van der Waals surface area (Å²) in [5, 5.41) is 3.11. The maximum atomic E-state index is 13.8. The predicted molar refractivity (Wildman–Crippen MR) is 51.6 cm³/mol. The molecular formula is C10H18F2N2. The van der Waals surface area contributed by atoms with Gasteiger partial charge in [0.1, 0.15) is 0 Å². The van der Waals surface area contributed by atoms with Crippen LogP contribution < -0.4 is 5.32 Å². The summed E-state index contributed by atoms with van der Waals surface area (Å²) < 4.78 is 27.6. The molecule has 0 amide bonds. The number of rotatable bonds is 1. The lowest BCUT2D eigenvalue weighted by Crippen LogP contribution is -2.55. The van der Waals surface area contributed by atoms with E-state index in [2.05, 4.69) is 10.2 Å². The number of hydrogen-bond acceptors (Lipinski definition) is 2. The van der Waals surface area contributed by atoms with Gasteiger partial charge in [0.25, 0.3) is 5.92 Å². The molecule has 0 radical (unpaired) electrons. The minimum absolute atomic E-state index is 0.00452. The van der Waals surface area contributed by atoms with Crippen molar-refractivity contribution in [3.05, 3.63) is 0 Å². The van der Waals surface area contributed by atoms with Crippen molar-refractivity contribution in [1.29, 1.82) is 0 Å². The van der Waals surface area contributed by atoms with Crippen molar-refractivity contribution in [2.75, 3.05) is 32.7 Å². The zero-order chi connectivity index (χ0) is 10.2. The maximum Gasteiger partial charge on any atom is 0.257 e. The fourth-order valence-electron chi connectivity index (χ4n) is 2.64. The Morgan fingerprint density at radius 3 is 2.71 bits per heavy atom. The van der Waals surface area contributed by atoms with Crippen LogP contribution in [0.4, 0.5) is 8.78 Å². The van der Waals surface area contributed by atoms with Gasteiger partial charge in [0.05, 0.1) is 5.41 Å². The van der Waals surface area contributed by atoms with Crippen LogP contribution >= 0.6 is 0 Å². The Labute approximate surface area is 83.7 Å². The minimum atomic E-state index is -2.47. The zero-order valence-electron chi connectivity index (χ0n) is 8.65. The van der Waals surface area contributed by atoms with Crippen LogP contribution in [-0.4, -0.2) is 43.5 Å². The van der Waals surface area contributed by atoms with Crippen LogP contribution in [0.15, 0.2) is 0 Å². The molecule has 1 atom stereocenters. The van der Waals surface area contributed by atoms with E-state index in [0.717, 1.165) is 13.1 Å². The first-order valence-electron chi connectivity index (χ1n) is 5.41. The molecule has 0 aromatic rings. The van der Waals surface area contributed by atoms with Gasteiger partial charge in [0, 0.05) is 26.1 Å². The van der Waals surface area contributed by atoms with Gasteiger partial charge < -0.3 is 10.2 Å². The Morgan fingerprint density at radius 1 is 1.36 bits per heavy atom. The summed E-state index contributed by atoms with van der Waals surface area (Å²) in [6, 6.07) is 0. The Kier molecular flexibility index (Phi) is 2.52. The molecule has 82 valence electrons. The highest BCUT2D eigenvalue weighted by molar-refractivity contribution is 5.03. The normalized spacial score (nSPS) is 37.9. The summed E-state index contributed by atoms with van der Waals surface area (Å²) in [5.41, 5.74) is -0.777. The van der Waals surface area contributed by atoms with Crippen molar-refractivity contribution >= 4 is 0 Å². The third kappa shape index (κ3) is 1.44. The van der Waals surface area contributed by atoms with Crippen molar-refractivity contribution in [3.63, 3.8) is 0 Å². The van der Waals surface area contributed by atoms with Gasteiger partial charge in [0.15, 0.2) is 0 Å². The fourth-order valence-corrected chi connectivity index (χ4v) is 2.64. The molecule has 2 nitrogen and oxygen atoms in total. The van der Waals surface area contributed by atoms with Crippen molar-refractivity contribution in [3.8, 4) is 0 Å². The first-order valence-corrected chi connectivity index (χ1v) is 5.41. The largest absolute Gasteiger partial charge is 0.316 e. The highest BCUT2D eigenvalue weighted by atomic mass is 19.3. The molecule has 14 heavy (non-hydrogen) atoms. The van der Waals surface area contributed by atoms with Crippen molar-refractivity contribution < 1.29 is 8.78 Å². The molecule has 0 aliphatic carbocycles. The van der Waals surface area contributed by atoms with Crippen molar-refractivity contribution in [1.82, 2.24) is 10.2 Å². The number of alkyl halides is 2. The number of nitrogens with one attached hydrogen (secondary N) is 1. The molecule has 0 saturated carbocycles. The molecule has 2 heterocycles. The molecule has 2 aliphatic heterocycles. The van der Waals surface area contributed by atoms with Gasteiger partial charge in [-0.25, -0.2) is 8.78 Å². The van der Waals surface area contributed by atoms with E-state index in [1.165, 1.54) is 0 Å². The summed E-state index contributed by atoms with van der Waals surface area (Å²) in [4.78, 5) is 2.13. The Bertz CT molecular complexity index is 220. The summed E-state index contributed by atoms with van der Waals surface area (Å²) >= 11 is 0. The van der Waals surface area contributed by atoms with Crippen LogP contribution in [0.25, 0.3) is 0 Å². The average Bonchev–Trinajstić information content (AvgIpc) is 2.56. The monoisotopic (exact) mass is 204 g/mol. The van der Waals surface area contributed by atoms with Gasteiger partial charge in [-0.3, -0.25) is 0 Å². The van der Waals surface area contributed by atoms with Crippen molar-refractivity contribution in [2.24, 2.45) is 5.41 Å². The van der Waals surface area contributed by atoms with Crippen molar-refractivity contribution in [2.45, 2.75) is 25.7 Å². The van der Waals surface area contributed by atoms with Gasteiger partial charge >= 0.3 is 0 Å². The average molecular weight is 204 g/mol. The Balaban J connectivity index is 2.14. The summed E-state index contributed by atoms with van der Waals surface area (Å²) in [5.74, 6) is -2.47. The number of hydrogen-bond donors (Lipinski definition) is 1. The zero-order valence-corrected chi connectivity index (χ0v) is 8.65. The lowest BCUT2D eigenvalue weighted by Gasteiger charge is -2.41. The van der Waals surface area contributed by atoms with Gasteiger partial charge in [-0.2, -0.15) is 0 Å². The van der Waals surface area contributed by atoms with Gasteiger partial charge in [-0.1, -0.05) is 6.92 Å². The molecule has 0 bridgehead atoms. The van der Waals surface area contributed by atoms with E-state index < -0.39 is 11.3 Å². The molecule has 0 aromatic heterocycles. The molecule has 0 aromatic carbocycles. The second-order valence-corrected chi connectivity index (χ2v) is 4.53. The highest BCUT2D eigenvalue weighted by Gasteiger charge is 2.57. The van der Waals surface area contributed by atoms with E-state index in [4.69, 9.17) is 0 Å². The van der Waals surface area contributed by atoms with Crippen LogP contribution in [0.3, 0.4) is 0 Å². The van der Waals surface area contributed by atoms with Crippen LogP contribution in [0.1, 0.15) is 19.8 Å². The maximum absolute atomic E-state index is 13.8. The lowest BCUT2D eigenvalue weighted by atomic mass is 9.76. The van der Waals surface area contributed by atoms with Gasteiger partial charge in [0.2, 0.25) is 0 Å². The summed E-state index contributed by atoms with van der Waals surface area (Å²) in [7, 11) is 0. The molecule has 1 unspecified atom stereocenters. The predicted octanol–water partition coefficient (Wildman–Crippen LogP) is 1.33. The number of halogens is 2. The third-order valence-corrected chi connectivity index (χ3v) is 3.74. The first kappa shape index (κ1) is 10.3. The van der Waals surface area contributed by atoms with Crippen LogP contribution in [0, 0.1) is 5.41 Å². The molecule has 1 N–H and O–H groups in total. The molecule has 4 heteroatoms. The van der Waals surface area contributed by atoms with E-state index in [-0.39, 0.29) is 6.42 Å². The minimum Gasteiger partial charge on any atom is -0.316 e. The molecule has 2 saturated heterocycles. The van der Waals surface area contributed by atoms with Crippen LogP contribution in [0.5, 0.6) is 0 Å². The smallest absolute Gasteiger partial charge is 0.257 e. The van der Waals surface area contributed by atoms with E-state index >= 15 is 0 Å². The van der Waals surface area contributed by atoms with Gasteiger partial charge in [-0.15, -0.1) is 0 Å². The number of likely N-dealkylation sites (tertiary alicyclic amines) is 1. The third-order valence-electron chi connectivity index (χ3n) is 3.74. The quantitative estimate of drug-likeness (QED) is 0.693. The molecule has 2 rings (SSSR count). The highest BCUT2D eigenvalue weighted by Crippen LogP contribution is 2.47. The molecule has 2 fully saturated rings. The topological polar surface area (TPSA) is 15.3 Å². The van der Waals surface area contributed by atoms with E-state index in [1.54, 1.807) is 0 Å². The van der Waals surface area contributed by atoms with E-state index in [1.807, 2.05) is 6.92 Å². The first-order chi connectivity index (χ1) is 6.60. The molecule has 1 spiro atoms. The number of piperidine rings is 1. The number of nitrogens with zero attached hydrogens (tertiary/aromatic N) is 1. The Hall–Kier alpha value is -0.220. The second-order valence-electron chi connectivity index (χ2n) is 4.53. The van der Waals surface area contributed by atoms with Crippen LogP contribution in [0.2, 0.25) is 0 Å². The van der Waals surface area contributed by atoms with Gasteiger partial charge in [-0.05, 0) is 19.5 Å². The lowest BCUT2D eigenvalue weighted by molar-refractivity contribution is -0.135. The van der Waals surface area contributed by atoms with E-state index in [9.17, 15) is 8.78 Å². The van der Waals surface area contributed by atoms with E-state index in [0.29, 0.717) is 26.1 Å². The second kappa shape index (κ2) is 3.42. The Morgan fingerprint density at radius 2 is 2.14 bits per heavy atom. The summed E-state index contributed by atoms with van der Waals surface area (Å²) in [6.07, 6.45) is 0.644.